The fraction of sp³-hybridized carbons (Fsp3) is 0.286. The van der Waals surface area contributed by atoms with E-state index < -0.39 is 5.79 Å². The molecule has 1 saturated heterocycles. The van der Waals surface area contributed by atoms with Crippen molar-refractivity contribution in [2.45, 2.75) is 45.2 Å². The highest BCUT2D eigenvalue weighted by Gasteiger charge is 2.54. The smallest absolute Gasteiger partial charge is 0.190 e. The molecular weight excluding hydrogens is 368 g/mol. The van der Waals surface area contributed by atoms with Gasteiger partial charge in [0.15, 0.2) is 5.79 Å². The molecule has 30 heavy (non-hydrogen) atoms. The minimum atomic E-state index is -0.718. The summed E-state index contributed by atoms with van der Waals surface area (Å²) in [6, 6.07) is 29.6. The Labute approximate surface area is 179 Å². The zero-order valence-corrected chi connectivity index (χ0v) is 17.8. The summed E-state index contributed by atoms with van der Waals surface area (Å²) in [4.78, 5) is 0. The topological polar surface area (TPSA) is 18.5 Å². The van der Waals surface area contributed by atoms with Crippen molar-refractivity contribution >= 4 is 5.57 Å². The van der Waals surface area contributed by atoms with Crippen molar-refractivity contribution < 1.29 is 9.47 Å². The van der Waals surface area contributed by atoms with Gasteiger partial charge in [-0.3, -0.25) is 0 Å². The van der Waals surface area contributed by atoms with Gasteiger partial charge in [0.1, 0.15) is 12.2 Å². The van der Waals surface area contributed by atoms with Gasteiger partial charge in [0.2, 0.25) is 0 Å². The summed E-state index contributed by atoms with van der Waals surface area (Å²) in [5.74, 6) is -0.718. The third kappa shape index (κ3) is 3.40. The Bertz CT molecular complexity index is 1000. The maximum Gasteiger partial charge on any atom is 0.190 e. The average Bonchev–Trinajstić information content (AvgIpc) is 3.25. The van der Waals surface area contributed by atoms with Crippen molar-refractivity contribution in [1.82, 2.24) is 0 Å². The van der Waals surface area contributed by atoms with Crippen molar-refractivity contribution in [3.63, 3.8) is 0 Å². The summed E-state index contributed by atoms with van der Waals surface area (Å²) in [5, 5.41) is 0. The Kier molecular flexibility index (Phi) is 4.65. The maximum absolute atomic E-state index is 6.78. The molecule has 0 bridgehead atoms. The standard InChI is InChI=1S/C28H28O2/c1-20-14-16-21(17-15-20)24-18-28(19-27(24,2)3)29-25(22-10-6-4-7-11-22)26(30-28)23-12-8-5-9-13-23/h4-18,25-26H,19H2,1-3H3/t25-,26-/m1/s1. The van der Waals surface area contributed by atoms with Gasteiger partial charge in [-0.25, -0.2) is 0 Å². The number of ether oxygens (including phenoxy) is 2. The molecule has 0 unspecified atom stereocenters. The van der Waals surface area contributed by atoms with Crippen LogP contribution in [0.15, 0.2) is 91.0 Å². The van der Waals surface area contributed by atoms with Gasteiger partial charge in [-0.15, -0.1) is 0 Å². The Balaban J connectivity index is 1.56. The van der Waals surface area contributed by atoms with E-state index >= 15 is 0 Å². The van der Waals surface area contributed by atoms with Gasteiger partial charge in [0, 0.05) is 6.42 Å². The third-order valence-corrected chi connectivity index (χ3v) is 6.33. The fourth-order valence-electron chi connectivity index (χ4n) is 4.89. The molecule has 0 radical (unpaired) electrons. The molecule has 3 aromatic rings. The van der Waals surface area contributed by atoms with Crippen molar-refractivity contribution in [2.24, 2.45) is 5.41 Å². The van der Waals surface area contributed by atoms with E-state index in [0.717, 1.165) is 17.5 Å². The van der Waals surface area contributed by atoms with Gasteiger partial charge in [-0.2, -0.15) is 0 Å². The van der Waals surface area contributed by atoms with E-state index in [1.54, 1.807) is 0 Å². The first-order chi connectivity index (χ1) is 14.5. The lowest BCUT2D eigenvalue weighted by atomic mass is 9.81. The molecule has 152 valence electrons. The van der Waals surface area contributed by atoms with Crippen LogP contribution in [0.1, 0.15) is 54.7 Å². The van der Waals surface area contributed by atoms with Crippen LogP contribution >= 0.6 is 0 Å². The molecule has 1 spiro atoms. The lowest BCUT2D eigenvalue weighted by Gasteiger charge is -2.27. The van der Waals surface area contributed by atoms with E-state index in [0.29, 0.717) is 0 Å². The summed E-state index contributed by atoms with van der Waals surface area (Å²) < 4.78 is 13.6. The molecule has 1 heterocycles. The van der Waals surface area contributed by atoms with Crippen LogP contribution in [0.5, 0.6) is 0 Å². The highest BCUT2D eigenvalue weighted by atomic mass is 16.8. The van der Waals surface area contributed by atoms with Crippen molar-refractivity contribution in [3.05, 3.63) is 113 Å². The molecule has 1 aliphatic carbocycles. The molecule has 0 aromatic heterocycles. The van der Waals surface area contributed by atoms with Crippen molar-refractivity contribution in [1.29, 1.82) is 0 Å². The van der Waals surface area contributed by atoms with Crippen LogP contribution in [0, 0.1) is 12.3 Å². The first-order valence-corrected chi connectivity index (χ1v) is 10.7. The highest BCUT2D eigenvalue weighted by molar-refractivity contribution is 5.73. The van der Waals surface area contributed by atoms with Gasteiger partial charge < -0.3 is 9.47 Å². The Hall–Kier alpha value is -2.68. The zero-order chi connectivity index (χ0) is 20.8. The quantitative estimate of drug-likeness (QED) is 0.473. The molecule has 3 aromatic carbocycles. The van der Waals surface area contributed by atoms with Gasteiger partial charge in [-0.1, -0.05) is 104 Å². The normalized spacial score (nSPS) is 24.2. The molecule has 2 atom stereocenters. The second-order valence-corrected chi connectivity index (χ2v) is 9.19. The van der Waals surface area contributed by atoms with E-state index in [-0.39, 0.29) is 17.6 Å². The minimum Gasteiger partial charge on any atom is -0.335 e. The predicted molar refractivity (Wildman–Crippen MR) is 121 cm³/mol. The molecule has 2 nitrogen and oxygen atoms in total. The Morgan fingerprint density at radius 1 is 0.700 bits per heavy atom. The summed E-state index contributed by atoms with van der Waals surface area (Å²) in [5.41, 5.74) is 6.07. The molecule has 2 aliphatic rings. The van der Waals surface area contributed by atoms with Gasteiger partial charge in [0.05, 0.1) is 0 Å². The van der Waals surface area contributed by atoms with Crippen LogP contribution in [-0.2, 0) is 9.47 Å². The third-order valence-electron chi connectivity index (χ3n) is 6.33. The Morgan fingerprint density at radius 3 is 1.70 bits per heavy atom. The molecule has 2 heteroatoms. The molecular formula is C28H28O2. The van der Waals surface area contributed by atoms with E-state index in [9.17, 15) is 0 Å². The molecule has 0 amide bonds. The molecule has 1 aliphatic heterocycles. The highest BCUT2D eigenvalue weighted by Crippen LogP contribution is 2.58. The number of aryl methyl sites for hydroxylation is 1. The lowest BCUT2D eigenvalue weighted by molar-refractivity contribution is -0.146. The zero-order valence-electron chi connectivity index (χ0n) is 17.8. The molecule has 5 rings (SSSR count). The minimum absolute atomic E-state index is 0.0396. The molecule has 0 N–H and O–H groups in total. The van der Waals surface area contributed by atoms with E-state index in [1.807, 2.05) is 12.1 Å². The second-order valence-electron chi connectivity index (χ2n) is 9.19. The molecule has 1 fully saturated rings. The monoisotopic (exact) mass is 396 g/mol. The number of hydrogen-bond donors (Lipinski definition) is 0. The van der Waals surface area contributed by atoms with Crippen LogP contribution in [0.25, 0.3) is 5.57 Å². The van der Waals surface area contributed by atoms with Crippen LogP contribution in [0.4, 0.5) is 0 Å². The Morgan fingerprint density at radius 2 is 1.20 bits per heavy atom. The summed E-state index contributed by atoms with van der Waals surface area (Å²) in [6.07, 6.45) is 2.75. The number of rotatable bonds is 3. The summed E-state index contributed by atoms with van der Waals surface area (Å²) in [7, 11) is 0. The fourth-order valence-corrected chi connectivity index (χ4v) is 4.89. The summed E-state index contributed by atoms with van der Waals surface area (Å²) in [6.45, 7) is 6.69. The largest absolute Gasteiger partial charge is 0.335 e. The van der Waals surface area contributed by atoms with Crippen LogP contribution in [0.2, 0.25) is 0 Å². The predicted octanol–water partition coefficient (Wildman–Crippen LogP) is 7.03. The first-order valence-electron chi connectivity index (χ1n) is 10.7. The maximum atomic E-state index is 6.78. The summed E-state index contributed by atoms with van der Waals surface area (Å²) >= 11 is 0. The second kappa shape index (κ2) is 7.23. The van der Waals surface area contributed by atoms with Crippen LogP contribution in [-0.4, -0.2) is 5.79 Å². The van der Waals surface area contributed by atoms with Gasteiger partial charge in [-0.05, 0) is 40.7 Å². The van der Waals surface area contributed by atoms with Crippen LogP contribution in [0.3, 0.4) is 0 Å². The number of benzene rings is 3. The van der Waals surface area contributed by atoms with Crippen LogP contribution < -0.4 is 0 Å². The average molecular weight is 397 g/mol. The van der Waals surface area contributed by atoms with E-state index in [4.69, 9.17) is 9.47 Å². The van der Waals surface area contributed by atoms with Crippen molar-refractivity contribution in [2.75, 3.05) is 0 Å². The lowest BCUT2D eigenvalue weighted by Crippen LogP contribution is -2.28. The van der Waals surface area contributed by atoms with E-state index in [2.05, 4.69) is 99.6 Å². The van der Waals surface area contributed by atoms with E-state index in [1.165, 1.54) is 16.7 Å². The molecule has 0 saturated carbocycles. The van der Waals surface area contributed by atoms with Gasteiger partial charge >= 0.3 is 0 Å². The SMILES string of the molecule is Cc1ccc(C2=CC3(CC2(C)C)O[C@H](c2ccccc2)[C@@H](c2ccccc2)O3)cc1. The van der Waals surface area contributed by atoms with Crippen molar-refractivity contribution in [3.8, 4) is 0 Å². The number of allylic oxidation sites excluding steroid dienone is 1. The number of hydrogen-bond acceptors (Lipinski definition) is 2. The first kappa shape index (κ1) is 19.3. The van der Waals surface area contributed by atoms with Gasteiger partial charge in [0.25, 0.3) is 0 Å².